The largest absolute Gasteiger partial charge is 0.416 e. The molecule has 2 heterocycles. The Bertz CT molecular complexity index is 485. The fraction of sp³-hybridized carbons (Fsp3) is 0.600. The van der Waals surface area contributed by atoms with Crippen LogP contribution in [0, 0.1) is 0 Å². The Morgan fingerprint density at radius 3 is 2.50 bits per heavy atom. The van der Waals surface area contributed by atoms with Gasteiger partial charge < -0.3 is 10.0 Å². The van der Waals surface area contributed by atoms with Gasteiger partial charge in [-0.3, -0.25) is 0 Å². The molecule has 0 radical (unpaired) electrons. The monoisotopic (exact) mass is 285 g/mol. The number of halogens is 3. The Morgan fingerprint density at radius 2 is 1.85 bits per heavy atom. The van der Waals surface area contributed by atoms with E-state index in [1.165, 1.54) is 12.1 Å². The van der Waals surface area contributed by atoms with Crippen LogP contribution < -0.4 is 0 Å². The Labute approximate surface area is 116 Å². The molecule has 0 aliphatic carbocycles. The molecule has 2 aliphatic heterocycles. The van der Waals surface area contributed by atoms with Crippen molar-refractivity contribution in [3.05, 3.63) is 35.4 Å². The number of alkyl halides is 3. The Hall–Kier alpha value is -1.07. The molecule has 2 atom stereocenters. The number of nitrogens with zero attached hydrogens (tertiary/aromatic N) is 1. The van der Waals surface area contributed by atoms with Gasteiger partial charge in [-0.25, -0.2) is 0 Å². The molecule has 2 aliphatic rings. The average Bonchev–Trinajstić information content (AvgIpc) is 2.85. The van der Waals surface area contributed by atoms with Crippen molar-refractivity contribution < 1.29 is 18.3 Å². The zero-order valence-electron chi connectivity index (χ0n) is 11.2. The molecule has 3 rings (SSSR count). The number of benzene rings is 1. The van der Waals surface area contributed by atoms with Crippen LogP contribution in [0.4, 0.5) is 13.2 Å². The highest BCUT2D eigenvalue weighted by Crippen LogP contribution is 2.40. The molecule has 0 spiro atoms. The zero-order valence-corrected chi connectivity index (χ0v) is 11.2. The third kappa shape index (κ3) is 2.44. The summed E-state index contributed by atoms with van der Waals surface area (Å²) in [5.74, 6) is 0. The second kappa shape index (κ2) is 4.74. The van der Waals surface area contributed by atoms with Gasteiger partial charge in [-0.05, 0) is 49.9 Å². The van der Waals surface area contributed by atoms with Gasteiger partial charge in [-0.2, -0.15) is 13.2 Å². The van der Waals surface area contributed by atoms with Gasteiger partial charge in [0.15, 0.2) is 0 Å². The van der Waals surface area contributed by atoms with E-state index >= 15 is 0 Å². The fourth-order valence-corrected chi connectivity index (χ4v) is 3.47. The first-order valence-corrected chi connectivity index (χ1v) is 7.03. The lowest BCUT2D eigenvalue weighted by atomic mass is 9.81. The molecule has 110 valence electrons. The Balaban J connectivity index is 1.81. The third-order valence-electron chi connectivity index (χ3n) is 4.63. The molecule has 0 saturated carbocycles. The molecular formula is C15H18F3NO. The first-order valence-electron chi connectivity index (χ1n) is 7.03. The molecule has 2 fully saturated rings. The zero-order chi connectivity index (χ0) is 14.4. The first kappa shape index (κ1) is 13.9. The highest BCUT2D eigenvalue weighted by Gasteiger charge is 2.41. The molecule has 5 heteroatoms. The molecule has 1 N–H and O–H groups in total. The van der Waals surface area contributed by atoms with Crippen LogP contribution in [0.15, 0.2) is 24.3 Å². The van der Waals surface area contributed by atoms with Gasteiger partial charge in [-0.1, -0.05) is 12.1 Å². The van der Waals surface area contributed by atoms with Crippen LogP contribution in [0.2, 0.25) is 0 Å². The molecule has 2 nitrogen and oxygen atoms in total. The second-order valence-corrected chi connectivity index (χ2v) is 5.89. The van der Waals surface area contributed by atoms with Crippen LogP contribution >= 0.6 is 0 Å². The third-order valence-corrected chi connectivity index (χ3v) is 4.63. The van der Waals surface area contributed by atoms with E-state index in [9.17, 15) is 18.3 Å². The van der Waals surface area contributed by atoms with E-state index in [0.717, 1.165) is 38.1 Å². The van der Waals surface area contributed by atoms with Crippen molar-refractivity contribution in [3.8, 4) is 0 Å². The van der Waals surface area contributed by atoms with E-state index in [1.807, 2.05) is 0 Å². The molecule has 0 aromatic heterocycles. The van der Waals surface area contributed by atoms with E-state index < -0.39 is 17.3 Å². The van der Waals surface area contributed by atoms with Crippen LogP contribution in [0.25, 0.3) is 0 Å². The number of piperidine rings is 1. The molecule has 1 aromatic carbocycles. The number of aliphatic hydroxyl groups is 1. The summed E-state index contributed by atoms with van der Waals surface area (Å²) >= 11 is 0. The highest BCUT2D eigenvalue weighted by atomic mass is 19.4. The van der Waals surface area contributed by atoms with E-state index in [2.05, 4.69) is 4.90 Å². The van der Waals surface area contributed by atoms with Crippen LogP contribution in [0.3, 0.4) is 0 Å². The lowest BCUT2D eigenvalue weighted by Crippen LogP contribution is -2.46. The number of hydrogen-bond donors (Lipinski definition) is 1. The van der Waals surface area contributed by atoms with Crippen LogP contribution in [0.5, 0.6) is 0 Å². The van der Waals surface area contributed by atoms with Gasteiger partial charge in [0.1, 0.15) is 0 Å². The molecule has 20 heavy (non-hydrogen) atoms. The average molecular weight is 285 g/mol. The SMILES string of the molecule is OC1(c2ccc(C(F)(F)F)cc2)CCN2CCCC2C1. The maximum absolute atomic E-state index is 12.6. The summed E-state index contributed by atoms with van der Waals surface area (Å²) < 4.78 is 37.7. The number of fused-ring (bicyclic) bond motifs is 1. The van der Waals surface area contributed by atoms with Crippen molar-refractivity contribution in [2.45, 2.75) is 43.5 Å². The van der Waals surface area contributed by atoms with Gasteiger partial charge in [0.25, 0.3) is 0 Å². The van der Waals surface area contributed by atoms with Crippen molar-refractivity contribution in [1.29, 1.82) is 0 Å². The molecule has 2 unspecified atom stereocenters. The van der Waals surface area contributed by atoms with Crippen LogP contribution in [-0.4, -0.2) is 29.1 Å². The van der Waals surface area contributed by atoms with Crippen molar-refractivity contribution in [2.24, 2.45) is 0 Å². The summed E-state index contributed by atoms with van der Waals surface area (Å²) in [4.78, 5) is 2.37. The summed E-state index contributed by atoms with van der Waals surface area (Å²) in [7, 11) is 0. The standard InChI is InChI=1S/C15H18F3NO/c16-15(17,18)12-5-3-11(4-6-12)14(20)7-9-19-8-1-2-13(19)10-14/h3-6,13,20H,1-2,7-10H2. The highest BCUT2D eigenvalue weighted by molar-refractivity contribution is 5.29. The smallest absolute Gasteiger partial charge is 0.385 e. The summed E-state index contributed by atoms with van der Waals surface area (Å²) in [5.41, 5.74) is -1.03. The molecule has 0 amide bonds. The molecule has 2 saturated heterocycles. The summed E-state index contributed by atoms with van der Waals surface area (Å²) in [6.45, 7) is 1.90. The number of hydrogen-bond acceptors (Lipinski definition) is 2. The lowest BCUT2D eigenvalue weighted by Gasteiger charge is -2.41. The first-order chi connectivity index (χ1) is 9.38. The van der Waals surface area contributed by atoms with Crippen molar-refractivity contribution in [3.63, 3.8) is 0 Å². The predicted molar refractivity (Wildman–Crippen MR) is 69.2 cm³/mol. The maximum Gasteiger partial charge on any atom is 0.416 e. The van der Waals surface area contributed by atoms with Crippen LogP contribution in [-0.2, 0) is 11.8 Å². The molecule has 0 bridgehead atoms. The van der Waals surface area contributed by atoms with Crippen molar-refractivity contribution in [1.82, 2.24) is 4.90 Å². The van der Waals surface area contributed by atoms with Gasteiger partial charge >= 0.3 is 6.18 Å². The lowest BCUT2D eigenvalue weighted by molar-refractivity contribution is -0.137. The van der Waals surface area contributed by atoms with Crippen LogP contribution in [0.1, 0.15) is 36.8 Å². The second-order valence-electron chi connectivity index (χ2n) is 5.89. The van der Waals surface area contributed by atoms with E-state index in [-0.39, 0.29) is 0 Å². The predicted octanol–water partition coefficient (Wildman–Crippen LogP) is 3.15. The minimum absolute atomic E-state index is 0.371. The maximum atomic E-state index is 12.6. The quantitative estimate of drug-likeness (QED) is 0.857. The summed E-state index contributed by atoms with van der Waals surface area (Å²) in [6, 6.07) is 5.35. The Morgan fingerprint density at radius 1 is 1.15 bits per heavy atom. The van der Waals surface area contributed by atoms with Gasteiger partial charge in [0.05, 0.1) is 11.2 Å². The normalized spacial score (nSPS) is 31.3. The van der Waals surface area contributed by atoms with E-state index in [1.54, 1.807) is 0 Å². The minimum atomic E-state index is -4.32. The topological polar surface area (TPSA) is 23.5 Å². The summed E-state index contributed by atoms with van der Waals surface area (Å²) in [5, 5.41) is 10.8. The van der Waals surface area contributed by atoms with Crippen molar-refractivity contribution >= 4 is 0 Å². The van der Waals surface area contributed by atoms with Gasteiger partial charge in [0, 0.05) is 12.6 Å². The van der Waals surface area contributed by atoms with Gasteiger partial charge in [0.2, 0.25) is 0 Å². The minimum Gasteiger partial charge on any atom is -0.385 e. The van der Waals surface area contributed by atoms with E-state index in [0.29, 0.717) is 24.4 Å². The van der Waals surface area contributed by atoms with Crippen molar-refractivity contribution in [2.75, 3.05) is 13.1 Å². The number of rotatable bonds is 1. The fourth-order valence-electron chi connectivity index (χ4n) is 3.47. The Kier molecular flexibility index (Phi) is 3.29. The molecular weight excluding hydrogens is 267 g/mol. The summed E-state index contributed by atoms with van der Waals surface area (Å²) in [6.07, 6.45) is -0.889. The van der Waals surface area contributed by atoms with E-state index in [4.69, 9.17) is 0 Å². The molecule has 1 aromatic rings. The van der Waals surface area contributed by atoms with Gasteiger partial charge in [-0.15, -0.1) is 0 Å².